The molecule has 0 radical (unpaired) electrons. The first-order valence-electron chi connectivity index (χ1n) is 6.08. The molecule has 0 bridgehead atoms. The molecule has 0 saturated carbocycles. The molecule has 5 nitrogen and oxygen atoms in total. The number of ether oxygens (including phenoxy) is 1. The van der Waals surface area contributed by atoms with Gasteiger partial charge in [-0.1, -0.05) is 5.10 Å². The Morgan fingerprint density at radius 2 is 2.18 bits per heavy atom. The number of alkyl halides is 1. The Hall–Kier alpha value is -0.810. The van der Waals surface area contributed by atoms with E-state index in [2.05, 4.69) is 15.1 Å². The molecular formula is C11H18ClN3O2. The fraction of sp³-hybridized carbons (Fsp3) is 0.818. The number of rotatable bonds is 5. The van der Waals surface area contributed by atoms with Gasteiger partial charge in [0, 0.05) is 32.0 Å². The highest BCUT2D eigenvalue weighted by atomic mass is 35.5. The first-order valence-corrected chi connectivity index (χ1v) is 6.61. The van der Waals surface area contributed by atoms with Crippen LogP contribution in [0.25, 0.3) is 0 Å². The van der Waals surface area contributed by atoms with E-state index in [0.717, 1.165) is 32.5 Å². The highest BCUT2D eigenvalue weighted by Gasteiger charge is 2.22. The summed E-state index contributed by atoms with van der Waals surface area (Å²) in [6, 6.07) is 0.611. The molecule has 0 aromatic carbocycles. The van der Waals surface area contributed by atoms with Gasteiger partial charge in [0.15, 0.2) is 0 Å². The molecule has 1 saturated heterocycles. The summed E-state index contributed by atoms with van der Waals surface area (Å²) < 4.78 is 11.1. The molecule has 1 fully saturated rings. The highest BCUT2D eigenvalue weighted by Crippen LogP contribution is 2.20. The average Bonchev–Trinajstić information content (AvgIpc) is 2.80. The van der Waals surface area contributed by atoms with Crippen LogP contribution in [0.4, 0.5) is 6.01 Å². The Morgan fingerprint density at radius 3 is 2.82 bits per heavy atom. The van der Waals surface area contributed by atoms with E-state index in [1.165, 1.54) is 0 Å². The Balaban J connectivity index is 1.86. The van der Waals surface area contributed by atoms with E-state index in [-0.39, 0.29) is 0 Å². The topological polar surface area (TPSA) is 51.4 Å². The van der Waals surface area contributed by atoms with Crippen molar-refractivity contribution in [2.45, 2.75) is 32.3 Å². The molecular weight excluding hydrogens is 242 g/mol. The fourth-order valence-corrected chi connectivity index (χ4v) is 2.17. The summed E-state index contributed by atoms with van der Waals surface area (Å²) in [7, 11) is 0. The van der Waals surface area contributed by atoms with E-state index in [0.29, 0.717) is 30.3 Å². The normalized spacial score (nSPS) is 17.6. The molecule has 2 heterocycles. The number of nitrogens with zero attached hydrogens (tertiary/aromatic N) is 3. The van der Waals surface area contributed by atoms with Crippen molar-refractivity contribution in [1.82, 2.24) is 10.2 Å². The van der Waals surface area contributed by atoms with Crippen LogP contribution < -0.4 is 4.90 Å². The van der Waals surface area contributed by atoms with Gasteiger partial charge >= 0.3 is 6.01 Å². The monoisotopic (exact) mass is 259 g/mol. The molecule has 1 aliphatic rings. The van der Waals surface area contributed by atoms with Crippen LogP contribution in [0.15, 0.2) is 4.42 Å². The molecule has 1 aromatic rings. The summed E-state index contributed by atoms with van der Waals surface area (Å²) in [5.41, 5.74) is 0. The Labute approximate surface area is 106 Å². The lowest BCUT2D eigenvalue weighted by Crippen LogP contribution is -2.37. The lowest BCUT2D eigenvalue weighted by Gasteiger charge is -2.30. The Morgan fingerprint density at radius 1 is 1.41 bits per heavy atom. The van der Waals surface area contributed by atoms with E-state index in [1.54, 1.807) is 0 Å². The summed E-state index contributed by atoms with van der Waals surface area (Å²) in [5.74, 6) is 1.12. The molecule has 0 unspecified atom stereocenters. The summed E-state index contributed by atoms with van der Waals surface area (Å²) in [4.78, 5) is 2.11. The minimum atomic E-state index is 0.376. The van der Waals surface area contributed by atoms with Gasteiger partial charge in [0.25, 0.3) is 0 Å². The Kier molecular flexibility index (Phi) is 4.62. The second-order valence-corrected chi connectivity index (χ2v) is 4.44. The van der Waals surface area contributed by atoms with Crippen molar-refractivity contribution >= 4 is 17.6 Å². The van der Waals surface area contributed by atoms with E-state index in [4.69, 9.17) is 20.8 Å². The molecule has 0 N–H and O–H groups in total. The summed E-state index contributed by atoms with van der Waals surface area (Å²) in [6.45, 7) is 4.63. The molecule has 1 aromatic heterocycles. The van der Waals surface area contributed by atoms with Gasteiger partial charge in [-0.2, -0.15) is 0 Å². The van der Waals surface area contributed by atoms with Crippen molar-refractivity contribution in [3.63, 3.8) is 0 Å². The first-order chi connectivity index (χ1) is 8.33. The third kappa shape index (κ3) is 3.33. The van der Waals surface area contributed by atoms with E-state index in [1.807, 2.05) is 6.92 Å². The van der Waals surface area contributed by atoms with E-state index < -0.39 is 0 Å². The standard InChI is InChI=1S/C11H18ClN3O2/c1-2-16-9-4-7-15(8-5-9)11-14-13-10(17-11)3-6-12/h9H,2-8H2,1H3. The second-order valence-electron chi connectivity index (χ2n) is 4.06. The van der Waals surface area contributed by atoms with Crippen molar-refractivity contribution in [2.24, 2.45) is 0 Å². The SMILES string of the molecule is CCOC1CCN(c2nnc(CCCl)o2)CC1. The van der Waals surface area contributed by atoms with Gasteiger partial charge in [-0.05, 0) is 19.8 Å². The Bertz CT molecular complexity index is 337. The van der Waals surface area contributed by atoms with Crippen LogP contribution in [0.2, 0.25) is 0 Å². The smallest absolute Gasteiger partial charge is 0.318 e. The molecule has 6 heteroatoms. The molecule has 0 amide bonds. The molecule has 17 heavy (non-hydrogen) atoms. The third-order valence-electron chi connectivity index (χ3n) is 2.88. The number of hydrogen-bond acceptors (Lipinski definition) is 5. The highest BCUT2D eigenvalue weighted by molar-refractivity contribution is 6.17. The van der Waals surface area contributed by atoms with Gasteiger partial charge in [-0.25, -0.2) is 0 Å². The predicted octanol–water partition coefficient (Wildman–Crippen LogP) is 1.86. The molecule has 0 aliphatic carbocycles. The van der Waals surface area contributed by atoms with Crippen molar-refractivity contribution < 1.29 is 9.15 Å². The van der Waals surface area contributed by atoms with Gasteiger partial charge < -0.3 is 14.1 Å². The minimum Gasteiger partial charge on any atom is -0.408 e. The van der Waals surface area contributed by atoms with E-state index in [9.17, 15) is 0 Å². The van der Waals surface area contributed by atoms with Crippen molar-refractivity contribution in [1.29, 1.82) is 0 Å². The number of aromatic nitrogens is 2. The summed E-state index contributed by atoms with van der Waals surface area (Å²) >= 11 is 5.63. The van der Waals surface area contributed by atoms with Crippen molar-refractivity contribution in [2.75, 3.05) is 30.5 Å². The number of aryl methyl sites for hydroxylation is 1. The number of anilines is 1. The second kappa shape index (κ2) is 6.21. The van der Waals surface area contributed by atoms with Crippen LogP contribution in [-0.2, 0) is 11.2 Å². The molecule has 2 rings (SSSR count). The lowest BCUT2D eigenvalue weighted by atomic mass is 10.1. The van der Waals surface area contributed by atoms with Crippen LogP contribution in [0.1, 0.15) is 25.7 Å². The fourth-order valence-electron chi connectivity index (χ4n) is 2.00. The van der Waals surface area contributed by atoms with Crippen LogP contribution >= 0.6 is 11.6 Å². The number of halogens is 1. The molecule has 96 valence electrons. The van der Waals surface area contributed by atoms with Crippen LogP contribution in [0.5, 0.6) is 0 Å². The zero-order valence-electron chi connectivity index (χ0n) is 10.1. The number of hydrogen-bond donors (Lipinski definition) is 0. The van der Waals surface area contributed by atoms with Gasteiger partial charge in [-0.3, -0.25) is 0 Å². The van der Waals surface area contributed by atoms with E-state index >= 15 is 0 Å². The zero-order valence-corrected chi connectivity index (χ0v) is 10.8. The van der Waals surface area contributed by atoms with Gasteiger partial charge in [0.05, 0.1) is 6.10 Å². The van der Waals surface area contributed by atoms with Crippen LogP contribution in [-0.4, -0.2) is 41.9 Å². The molecule has 0 spiro atoms. The summed E-state index contributed by atoms with van der Waals surface area (Å²) in [5, 5.41) is 8.00. The number of piperidine rings is 1. The summed E-state index contributed by atoms with van der Waals surface area (Å²) in [6.07, 6.45) is 3.04. The maximum atomic E-state index is 5.63. The quantitative estimate of drug-likeness (QED) is 0.756. The zero-order chi connectivity index (χ0) is 12.1. The van der Waals surface area contributed by atoms with Crippen LogP contribution in [0, 0.1) is 0 Å². The van der Waals surface area contributed by atoms with Crippen molar-refractivity contribution in [3.8, 4) is 0 Å². The van der Waals surface area contributed by atoms with Gasteiger partial charge in [0.1, 0.15) is 0 Å². The third-order valence-corrected chi connectivity index (χ3v) is 3.07. The average molecular weight is 260 g/mol. The predicted molar refractivity (Wildman–Crippen MR) is 65.6 cm³/mol. The van der Waals surface area contributed by atoms with Crippen molar-refractivity contribution in [3.05, 3.63) is 5.89 Å². The maximum absolute atomic E-state index is 5.63. The van der Waals surface area contributed by atoms with Crippen LogP contribution in [0.3, 0.4) is 0 Å². The maximum Gasteiger partial charge on any atom is 0.318 e. The lowest BCUT2D eigenvalue weighted by molar-refractivity contribution is 0.0453. The van der Waals surface area contributed by atoms with Gasteiger partial charge in [0.2, 0.25) is 5.89 Å². The van der Waals surface area contributed by atoms with Gasteiger partial charge in [-0.15, -0.1) is 16.7 Å². The molecule has 1 aliphatic heterocycles. The first kappa shape index (κ1) is 12.6. The largest absolute Gasteiger partial charge is 0.408 e. The minimum absolute atomic E-state index is 0.376. The molecule has 0 atom stereocenters.